The van der Waals surface area contributed by atoms with Gasteiger partial charge in [0.05, 0.1) is 24.1 Å². The average molecular weight is 307 g/mol. The molecule has 0 aromatic carbocycles. The molecule has 1 aliphatic heterocycles. The van der Waals surface area contributed by atoms with Gasteiger partial charge in [-0.2, -0.15) is 10.4 Å². The number of hydrogen-bond acceptors (Lipinski definition) is 7. The maximum atomic E-state index is 8.77. The number of rotatable bonds is 4. The average Bonchev–Trinajstić information content (AvgIpc) is 3.39. The van der Waals surface area contributed by atoms with Gasteiger partial charge in [0.15, 0.2) is 11.5 Å². The molecule has 0 amide bonds. The topological polar surface area (TPSA) is 81.8 Å². The second kappa shape index (κ2) is 5.47. The Balaban J connectivity index is 1.37. The molecule has 1 saturated heterocycles. The minimum Gasteiger partial charge on any atom is -0.352 e. The first-order valence-electron chi connectivity index (χ1n) is 7.78. The van der Waals surface area contributed by atoms with Crippen LogP contribution in [0.1, 0.15) is 30.1 Å². The Hall–Kier alpha value is -2.75. The van der Waals surface area contributed by atoms with Crippen LogP contribution < -0.4 is 9.80 Å². The van der Waals surface area contributed by atoms with Gasteiger partial charge < -0.3 is 9.80 Å². The number of aromatic nitrogens is 4. The Labute approximate surface area is 134 Å². The molecule has 2 aliphatic rings. The molecule has 7 heteroatoms. The van der Waals surface area contributed by atoms with Crippen LogP contribution in [0, 0.1) is 11.3 Å². The van der Waals surface area contributed by atoms with Gasteiger partial charge in [0.25, 0.3) is 0 Å². The summed E-state index contributed by atoms with van der Waals surface area (Å²) in [7, 11) is 2.00. The van der Waals surface area contributed by atoms with Gasteiger partial charge in [-0.1, -0.05) is 0 Å². The van der Waals surface area contributed by atoms with Crippen LogP contribution in [0.2, 0.25) is 0 Å². The predicted octanol–water partition coefficient (Wildman–Crippen LogP) is 1.34. The molecule has 1 aliphatic carbocycles. The third-order valence-corrected chi connectivity index (χ3v) is 4.51. The standard InChI is InChI=1S/C16H17N7/c1-22(16-8-18-12(6-17)7-19-16)13-9-23(10-13)15-5-4-14(20-21-15)11-2-3-11/h4-5,7-8,11,13H,2-3,9-10H2,1H3. The highest BCUT2D eigenvalue weighted by atomic mass is 15.4. The summed E-state index contributed by atoms with van der Waals surface area (Å²) >= 11 is 0. The third-order valence-electron chi connectivity index (χ3n) is 4.51. The molecule has 0 bridgehead atoms. The molecule has 0 atom stereocenters. The van der Waals surface area contributed by atoms with E-state index in [1.807, 2.05) is 13.1 Å². The Bertz CT molecular complexity index is 725. The lowest BCUT2D eigenvalue weighted by molar-refractivity contribution is 0.487. The molecule has 0 spiro atoms. The van der Waals surface area contributed by atoms with E-state index in [1.165, 1.54) is 19.0 Å². The molecule has 2 fully saturated rings. The SMILES string of the molecule is CN(c1cnc(C#N)cn1)C1CN(c2ccc(C3CC3)nn2)C1. The zero-order chi connectivity index (χ0) is 15.8. The van der Waals surface area contributed by atoms with Crippen molar-refractivity contribution in [2.24, 2.45) is 0 Å². The lowest BCUT2D eigenvalue weighted by Gasteiger charge is -2.44. The van der Waals surface area contributed by atoms with Crippen molar-refractivity contribution in [2.75, 3.05) is 29.9 Å². The Morgan fingerprint density at radius 3 is 2.57 bits per heavy atom. The highest BCUT2D eigenvalue weighted by Gasteiger charge is 2.32. The van der Waals surface area contributed by atoms with E-state index in [0.29, 0.717) is 17.7 Å². The summed E-state index contributed by atoms with van der Waals surface area (Å²) in [5, 5.41) is 17.4. The highest BCUT2D eigenvalue weighted by molar-refractivity contribution is 5.47. The van der Waals surface area contributed by atoms with Crippen LogP contribution in [0.15, 0.2) is 24.5 Å². The number of anilines is 2. The van der Waals surface area contributed by atoms with E-state index in [4.69, 9.17) is 5.26 Å². The molecule has 23 heavy (non-hydrogen) atoms. The van der Waals surface area contributed by atoms with Crippen molar-refractivity contribution in [3.63, 3.8) is 0 Å². The van der Waals surface area contributed by atoms with Gasteiger partial charge in [-0.3, -0.25) is 0 Å². The Morgan fingerprint density at radius 2 is 2.00 bits per heavy atom. The molecule has 0 unspecified atom stereocenters. The van der Waals surface area contributed by atoms with Crippen molar-refractivity contribution < 1.29 is 0 Å². The Morgan fingerprint density at radius 1 is 1.17 bits per heavy atom. The van der Waals surface area contributed by atoms with Crippen LogP contribution in [0.5, 0.6) is 0 Å². The molecule has 2 aromatic heterocycles. The molecular formula is C16H17N7. The van der Waals surface area contributed by atoms with Gasteiger partial charge in [-0.05, 0) is 25.0 Å². The van der Waals surface area contributed by atoms with E-state index >= 15 is 0 Å². The van der Waals surface area contributed by atoms with Crippen LogP contribution >= 0.6 is 0 Å². The lowest BCUT2D eigenvalue weighted by Crippen LogP contribution is -2.59. The van der Waals surface area contributed by atoms with Gasteiger partial charge in [0.2, 0.25) is 0 Å². The van der Waals surface area contributed by atoms with Crippen molar-refractivity contribution in [1.29, 1.82) is 5.26 Å². The fourth-order valence-electron chi connectivity index (χ4n) is 2.74. The summed E-state index contributed by atoms with van der Waals surface area (Å²) in [5.41, 5.74) is 1.46. The van der Waals surface area contributed by atoms with E-state index in [1.54, 1.807) is 6.20 Å². The molecule has 1 saturated carbocycles. The number of nitriles is 1. The zero-order valence-corrected chi connectivity index (χ0v) is 12.9. The number of likely N-dealkylation sites (N-methyl/N-ethyl adjacent to an activating group) is 1. The van der Waals surface area contributed by atoms with Crippen molar-refractivity contribution in [1.82, 2.24) is 20.2 Å². The second-order valence-corrected chi connectivity index (χ2v) is 6.13. The number of hydrogen-bond donors (Lipinski definition) is 0. The summed E-state index contributed by atoms with van der Waals surface area (Å²) in [4.78, 5) is 12.7. The van der Waals surface area contributed by atoms with Crippen LogP contribution in [0.4, 0.5) is 11.6 Å². The molecule has 116 valence electrons. The van der Waals surface area contributed by atoms with Gasteiger partial charge in [0, 0.05) is 26.1 Å². The Kier molecular flexibility index (Phi) is 3.30. The first kappa shape index (κ1) is 13.9. The van der Waals surface area contributed by atoms with Crippen molar-refractivity contribution in [3.8, 4) is 6.07 Å². The lowest BCUT2D eigenvalue weighted by atomic mass is 10.1. The van der Waals surface area contributed by atoms with E-state index in [9.17, 15) is 0 Å². The smallest absolute Gasteiger partial charge is 0.158 e. The molecule has 4 rings (SSSR count). The highest BCUT2D eigenvalue weighted by Crippen LogP contribution is 2.38. The summed E-state index contributed by atoms with van der Waals surface area (Å²) in [5.74, 6) is 2.36. The van der Waals surface area contributed by atoms with Crippen molar-refractivity contribution >= 4 is 11.6 Å². The molecule has 7 nitrogen and oxygen atoms in total. The fraction of sp³-hybridized carbons (Fsp3) is 0.438. The number of nitrogens with zero attached hydrogens (tertiary/aromatic N) is 7. The predicted molar refractivity (Wildman–Crippen MR) is 85.2 cm³/mol. The van der Waals surface area contributed by atoms with E-state index in [-0.39, 0.29) is 0 Å². The van der Waals surface area contributed by atoms with Crippen LogP contribution in [0.25, 0.3) is 0 Å². The molecule has 2 aromatic rings. The third kappa shape index (κ3) is 2.68. The monoisotopic (exact) mass is 307 g/mol. The molecular weight excluding hydrogens is 290 g/mol. The van der Waals surface area contributed by atoms with Gasteiger partial charge in [-0.25, -0.2) is 9.97 Å². The fourth-order valence-corrected chi connectivity index (χ4v) is 2.74. The summed E-state index contributed by atoms with van der Waals surface area (Å²) < 4.78 is 0. The van der Waals surface area contributed by atoms with Crippen molar-refractivity contribution in [2.45, 2.75) is 24.8 Å². The van der Waals surface area contributed by atoms with Gasteiger partial charge in [0.1, 0.15) is 11.9 Å². The second-order valence-electron chi connectivity index (χ2n) is 6.13. The van der Waals surface area contributed by atoms with Crippen LogP contribution in [-0.2, 0) is 0 Å². The normalized spacial score (nSPS) is 17.5. The minimum absolute atomic E-state index is 0.336. The van der Waals surface area contributed by atoms with Gasteiger partial charge in [-0.15, -0.1) is 5.10 Å². The summed E-state index contributed by atoms with van der Waals surface area (Å²) in [6.07, 6.45) is 5.64. The van der Waals surface area contributed by atoms with E-state index in [2.05, 4.69) is 42.1 Å². The van der Waals surface area contributed by atoms with E-state index < -0.39 is 0 Å². The zero-order valence-electron chi connectivity index (χ0n) is 12.9. The largest absolute Gasteiger partial charge is 0.352 e. The minimum atomic E-state index is 0.336. The maximum Gasteiger partial charge on any atom is 0.158 e. The molecule has 0 radical (unpaired) electrons. The van der Waals surface area contributed by atoms with Gasteiger partial charge >= 0.3 is 0 Å². The van der Waals surface area contributed by atoms with E-state index in [0.717, 1.165) is 30.4 Å². The summed E-state index contributed by atoms with van der Waals surface area (Å²) in [6, 6.07) is 6.51. The first-order chi connectivity index (χ1) is 11.2. The molecule has 0 N–H and O–H groups in total. The summed E-state index contributed by atoms with van der Waals surface area (Å²) in [6.45, 7) is 1.77. The first-order valence-corrected chi connectivity index (χ1v) is 7.78. The van der Waals surface area contributed by atoms with Crippen molar-refractivity contribution in [3.05, 3.63) is 35.9 Å². The van der Waals surface area contributed by atoms with Crippen LogP contribution in [0.3, 0.4) is 0 Å². The molecule has 3 heterocycles. The maximum absolute atomic E-state index is 8.77. The quantitative estimate of drug-likeness (QED) is 0.843. The van der Waals surface area contributed by atoms with Crippen LogP contribution in [-0.4, -0.2) is 46.3 Å².